The molecule has 2 saturated carbocycles. The van der Waals surface area contributed by atoms with Crippen LogP contribution in [0.1, 0.15) is 75.2 Å². The number of ether oxygens (including phenoxy) is 4. The summed E-state index contributed by atoms with van der Waals surface area (Å²) in [6.07, 6.45) is 7.07. The van der Waals surface area contributed by atoms with Crippen LogP contribution < -0.4 is 24.8 Å². The number of pyridine rings is 2. The van der Waals surface area contributed by atoms with Crippen LogP contribution in [0.15, 0.2) is 48.8 Å². The standard InChI is InChI=1S/C40H45F2N7O6/c1-39(2,3)55-38(51)49-22-40(14-12-26(49)13-15-40)48-37(50)28-17-29(24-9-11-32(43-18-24)54-21-23-6-7-23)46-34(33(28)41)30-20-45-36(35(42)47-30)44-19-25-8-10-27(52-4)16-31(25)53-5/h8-11,16-18,20,23,26H,6-7,12-15,19,21-22H2,1-5H3,(H,44,45)(H,48,50). The Balaban J connectivity index is 1.18. The lowest BCUT2D eigenvalue weighted by atomic mass is 9.73. The van der Waals surface area contributed by atoms with Crippen LogP contribution in [0.25, 0.3) is 22.6 Å². The Morgan fingerprint density at radius 1 is 0.945 bits per heavy atom. The lowest BCUT2D eigenvalue weighted by Gasteiger charge is -2.52. The average molecular weight is 758 g/mol. The van der Waals surface area contributed by atoms with Gasteiger partial charge in [0.1, 0.15) is 28.5 Å². The van der Waals surface area contributed by atoms with Crippen molar-refractivity contribution in [2.45, 2.75) is 83.0 Å². The molecule has 290 valence electrons. The minimum atomic E-state index is -0.999. The van der Waals surface area contributed by atoms with Gasteiger partial charge in [-0.15, -0.1) is 0 Å². The summed E-state index contributed by atoms with van der Waals surface area (Å²) in [5.74, 6) is -0.785. The summed E-state index contributed by atoms with van der Waals surface area (Å²) >= 11 is 0. The van der Waals surface area contributed by atoms with Gasteiger partial charge in [0.05, 0.1) is 43.8 Å². The number of nitrogens with one attached hydrogen (secondary N) is 2. The van der Waals surface area contributed by atoms with E-state index < -0.39 is 34.9 Å². The van der Waals surface area contributed by atoms with Gasteiger partial charge in [0, 0.05) is 48.6 Å². The molecule has 3 aromatic heterocycles. The Hall–Kier alpha value is -5.60. The summed E-state index contributed by atoms with van der Waals surface area (Å²) < 4.78 is 54.3. The minimum Gasteiger partial charge on any atom is -0.497 e. The SMILES string of the molecule is COc1ccc(CNc2ncc(-c3nc(-c4ccc(OCC5CC5)nc4)cc(C(=O)NC45CCC(CC4)N(C(=O)OC(C)(C)C)C5)c3F)nc2F)c(OC)c1. The van der Waals surface area contributed by atoms with Gasteiger partial charge in [0.2, 0.25) is 5.88 Å². The first kappa shape index (κ1) is 37.7. The molecule has 0 atom stereocenters. The molecule has 4 aromatic rings. The molecule has 0 unspecified atom stereocenters. The molecule has 8 rings (SSSR count). The molecule has 0 spiro atoms. The number of hydrogen-bond donors (Lipinski definition) is 2. The molecule has 5 heterocycles. The van der Waals surface area contributed by atoms with Crippen LogP contribution in [0, 0.1) is 17.7 Å². The highest BCUT2D eigenvalue weighted by molar-refractivity contribution is 5.97. The van der Waals surface area contributed by atoms with Crippen LogP contribution in [-0.2, 0) is 11.3 Å². The monoisotopic (exact) mass is 757 g/mol. The fourth-order valence-corrected chi connectivity index (χ4v) is 6.98. The third-order valence-electron chi connectivity index (χ3n) is 10.1. The van der Waals surface area contributed by atoms with Crippen molar-refractivity contribution in [3.8, 4) is 40.0 Å². The van der Waals surface area contributed by atoms with E-state index in [1.54, 1.807) is 63.1 Å². The number of aromatic nitrogens is 4. The van der Waals surface area contributed by atoms with Crippen molar-refractivity contribution in [2.75, 3.05) is 32.7 Å². The van der Waals surface area contributed by atoms with E-state index in [1.165, 1.54) is 25.6 Å². The highest BCUT2D eigenvalue weighted by Crippen LogP contribution is 2.40. The number of fused-ring (bicyclic) bond motifs is 3. The van der Waals surface area contributed by atoms with E-state index in [-0.39, 0.29) is 47.6 Å². The van der Waals surface area contributed by atoms with Crippen molar-refractivity contribution in [2.24, 2.45) is 5.92 Å². The van der Waals surface area contributed by atoms with Gasteiger partial charge in [0.25, 0.3) is 11.9 Å². The van der Waals surface area contributed by atoms with Gasteiger partial charge >= 0.3 is 6.09 Å². The molecule has 2 N–H and O–H groups in total. The van der Waals surface area contributed by atoms with E-state index in [0.29, 0.717) is 66.7 Å². The smallest absolute Gasteiger partial charge is 0.410 e. The van der Waals surface area contributed by atoms with Crippen molar-refractivity contribution >= 4 is 17.8 Å². The topological polar surface area (TPSA) is 150 Å². The van der Waals surface area contributed by atoms with Gasteiger partial charge in [-0.3, -0.25) is 4.79 Å². The van der Waals surface area contributed by atoms with E-state index in [0.717, 1.165) is 12.8 Å². The summed E-state index contributed by atoms with van der Waals surface area (Å²) in [4.78, 5) is 46.1. The number of halogens is 2. The van der Waals surface area contributed by atoms with Crippen molar-refractivity contribution in [3.63, 3.8) is 0 Å². The second kappa shape index (κ2) is 15.3. The molecule has 2 bridgehead atoms. The van der Waals surface area contributed by atoms with E-state index in [2.05, 4.69) is 30.6 Å². The lowest BCUT2D eigenvalue weighted by molar-refractivity contribution is -0.0254. The fourth-order valence-electron chi connectivity index (χ4n) is 6.98. The first-order valence-corrected chi connectivity index (χ1v) is 18.4. The summed E-state index contributed by atoms with van der Waals surface area (Å²) in [7, 11) is 3.06. The molecule has 0 radical (unpaired) electrons. The number of methoxy groups -OCH3 is 2. The van der Waals surface area contributed by atoms with Crippen molar-refractivity contribution < 1.29 is 37.3 Å². The van der Waals surface area contributed by atoms with Gasteiger partial charge in [-0.05, 0) is 89.5 Å². The average Bonchev–Trinajstić information content (AvgIpc) is 4.01. The maximum absolute atomic E-state index is 16.6. The number of nitrogens with zero attached hydrogens (tertiary/aromatic N) is 5. The van der Waals surface area contributed by atoms with Crippen molar-refractivity contribution in [3.05, 3.63) is 71.7 Å². The molecule has 55 heavy (non-hydrogen) atoms. The van der Waals surface area contributed by atoms with Crippen molar-refractivity contribution in [1.29, 1.82) is 0 Å². The first-order valence-electron chi connectivity index (χ1n) is 18.4. The third kappa shape index (κ3) is 8.55. The number of rotatable bonds is 12. The minimum absolute atomic E-state index is 0.00242. The van der Waals surface area contributed by atoms with E-state index in [1.807, 2.05) is 0 Å². The van der Waals surface area contributed by atoms with E-state index >= 15 is 8.78 Å². The molecule has 4 fully saturated rings. The molecule has 2 aliphatic carbocycles. The Labute approximate surface area is 318 Å². The molecular formula is C40H45F2N7O6. The summed E-state index contributed by atoms with van der Waals surface area (Å²) in [6.45, 7) is 6.35. The molecule has 4 aliphatic rings. The summed E-state index contributed by atoms with van der Waals surface area (Å²) in [6, 6.07) is 9.97. The summed E-state index contributed by atoms with van der Waals surface area (Å²) in [5.41, 5.74) is -1.00. The van der Waals surface area contributed by atoms with Crippen LogP contribution in [0.2, 0.25) is 0 Å². The summed E-state index contributed by atoms with van der Waals surface area (Å²) in [5, 5.41) is 5.97. The van der Waals surface area contributed by atoms with Gasteiger partial charge < -0.3 is 34.5 Å². The van der Waals surface area contributed by atoms with Crippen LogP contribution in [0.4, 0.5) is 19.4 Å². The lowest BCUT2D eigenvalue weighted by Crippen LogP contribution is -2.66. The largest absolute Gasteiger partial charge is 0.497 e. The van der Waals surface area contributed by atoms with Crippen LogP contribution in [0.5, 0.6) is 17.4 Å². The zero-order chi connectivity index (χ0) is 38.9. The van der Waals surface area contributed by atoms with Crippen molar-refractivity contribution in [1.82, 2.24) is 30.2 Å². The second-order valence-electron chi connectivity index (χ2n) is 15.4. The molecule has 15 heteroatoms. The number of hydrogen-bond acceptors (Lipinski definition) is 11. The van der Waals surface area contributed by atoms with Crippen LogP contribution >= 0.6 is 0 Å². The molecule has 13 nitrogen and oxygen atoms in total. The van der Waals surface area contributed by atoms with Crippen LogP contribution in [-0.4, -0.2) is 81.4 Å². The van der Waals surface area contributed by atoms with Crippen LogP contribution in [0.3, 0.4) is 0 Å². The first-order chi connectivity index (χ1) is 26.3. The number of anilines is 1. The van der Waals surface area contributed by atoms with Gasteiger partial charge in [-0.2, -0.15) is 4.39 Å². The Morgan fingerprint density at radius 3 is 2.38 bits per heavy atom. The van der Waals surface area contributed by atoms with Gasteiger partial charge in [-0.25, -0.2) is 29.1 Å². The van der Waals surface area contributed by atoms with E-state index in [9.17, 15) is 9.59 Å². The molecule has 2 saturated heterocycles. The van der Waals surface area contributed by atoms with Gasteiger partial charge in [0.15, 0.2) is 11.6 Å². The normalized spacial score (nSPS) is 19.1. The quantitative estimate of drug-likeness (QED) is 0.154. The highest BCUT2D eigenvalue weighted by Gasteiger charge is 2.48. The third-order valence-corrected chi connectivity index (χ3v) is 10.1. The Bertz CT molecular complexity index is 2060. The number of amides is 2. The Morgan fingerprint density at radius 2 is 1.73 bits per heavy atom. The zero-order valence-corrected chi connectivity index (χ0v) is 31.6. The Kier molecular flexibility index (Phi) is 10.5. The highest BCUT2D eigenvalue weighted by atomic mass is 19.1. The maximum Gasteiger partial charge on any atom is 0.410 e. The predicted octanol–water partition coefficient (Wildman–Crippen LogP) is 6.96. The second-order valence-corrected chi connectivity index (χ2v) is 15.4. The van der Waals surface area contributed by atoms with Gasteiger partial charge in [-0.1, -0.05) is 0 Å². The number of carbonyl (C=O) groups excluding carboxylic acids is 2. The molecule has 2 amide bonds. The molecule has 1 aromatic carbocycles. The zero-order valence-electron chi connectivity index (χ0n) is 31.6. The molecular weight excluding hydrogens is 712 g/mol. The number of carbonyl (C=O) groups is 2. The fraction of sp³-hybridized carbons (Fsp3) is 0.450. The van der Waals surface area contributed by atoms with E-state index in [4.69, 9.17) is 18.9 Å². The molecule has 2 aliphatic heterocycles. The maximum atomic E-state index is 16.6. The number of benzene rings is 1. The number of piperidine rings is 2. The predicted molar refractivity (Wildman–Crippen MR) is 199 cm³/mol.